The Balaban J connectivity index is 2.66. The summed E-state index contributed by atoms with van der Waals surface area (Å²) in [6.45, 7) is 1.87. The Morgan fingerprint density at radius 3 is 2.93 bits per heavy atom. The average Bonchev–Trinajstić information content (AvgIpc) is 2.55. The highest BCUT2D eigenvalue weighted by Gasteiger charge is 2.12. The molecule has 1 heterocycles. The summed E-state index contributed by atoms with van der Waals surface area (Å²) in [5, 5.41) is 0. The van der Waals surface area contributed by atoms with E-state index in [1.54, 1.807) is 12.1 Å². The van der Waals surface area contributed by atoms with Crippen LogP contribution in [0.3, 0.4) is 0 Å². The Morgan fingerprint density at radius 1 is 1.53 bits per heavy atom. The van der Waals surface area contributed by atoms with Crippen molar-refractivity contribution in [1.82, 2.24) is 9.97 Å². The van der Waals surface area contributed by atoms with Crippen LogP contribution in [0.15, 0.2) is 16.6 Å². The first-order valence-electron chi connectivity index (χ1n) is 4.36. The van der Waals surface area contributed by atoms with E-state index in [0.29, 0.717) is 10.0 Å². The minimum atomic E-state index is -0.365. The monoisotopic (exact) mass is 268 g/mol. The van der Waals surface area contributed by atoms with Gasteiger partial charge in [0.05, 0.1) is 23.7 Å². The lowest BCUT2D eigenvalue weighted by molar-refractivity contribution is 0.0600. The fraction of sp³-hybridized carbons (Fsp3) is 0.200. The highest BCUT2D eigenvalue weighted by atomic mass is 79.9. The third-order valence-electron chi connectivity index (χ3n) is 2.09. The van der Waals surface area contributed by atoms with Gasteiger partial charge in [0.2, 0.25) is 0 Å². The molecule has 0 aliphatic carbocycles. The summed E-state index contributed by atoms with van der Waals surface area (Å²) in [5.74, 6) is 0.454. The van der Waals surface area contributed by atoms with Gasteiger partial charge in [0.15, 0.2) is 0 Å². The van der Waals surface area contributed by atoms with Crippen LogP contribution in [-0.4, -0.2) is 23.0 Å². The molecule has 0 amide bonds. The Bertz CT molecular complexity index is 533. The van der Waals surface area contributed by atoms with Crippen molar-refractivity contribution in [1.29, 1.82) is 0 Å². The largest absolute Gasteiger partial charge is 0.465 e. The van der Waals surface area contributed by atoms with E-state index in [0.717, 1.165) is 16.9 Å². The molecular formula is C10H9BrN2O2. The van der Waals surface area contributed by atoms with Gasteiger partial charge >= 0.3 is 5.97 Å². The van der Waals surface area contributed by atoms with E-state index in [9.17, 15) is 4.79 Å². The fourth-order valence-electron chi connectivity index (χ4n) is 1.43. The van der Waals surface area contributed by atoms with Crippen LogP contribution < -0.4 is 0 Å². The number of ether oxygens (including phenoxy) is 1. The molecule has 0 aliphatic heterocycles. The van der Waals surface area contributed by atoms with Crippen LogP contribution >= 0.6 is 15.9 Å². The summed E-state index contributed by atoms with van der Waals surface area (Å²) < 4.78 is 5.36. The normalized spacial score (nSPS) is 10.6. The number of nitrogens with one attached hydrogen (secondary N) is 1. The number of imidazole rings is 1. The first-order chi connectivity index (χ1) is 7.11. The van der Waals surface area contributed by atoms with E-state index in [1.165, 1.54) is 7.11 Å². The highest BCUT2D eigenvalue weighted by Crippen LogP contribution is 2.23. The van der Waals surface area contributed by atoms with Gasteiger partial charge < -0.3 is 9.72 Å². The Kier molecular flexibility index (Phi) is 2.48. The van der Waals surface area contributed by atoms with Gasteiger partial charge in [0.1, 0.15) is 5.82 Å². The van der Waals surface area contributed by atoms with Crippen LogP contribution in [-0.2, 0) is 4.74 Å². The van der Waals surface area contributed by atoms with Crippen molar-refractivity contribution in [3.05, 3.63) is 28.0 Å². The molecule has 0 atom stereocenters. The quantitative estimate of drug-likeness (QED) is 0.809. The van der Waals surface area contributed by atoms with Crippen molar-refractivity contribution >= 4 is 32.9 Å². The molecule has 0 radical (unpaired) electrons. The number of carbonyl (C=O) groups excluding carboxylic acids is 1. The molecule has 0 fully saturated rings. The van der Waals surface area contributed by atoms with Gasteiger partial charge in [-0.1, -0.05) is 0 Å². The van der Waals surface area contributed by atoms with Gasteiger partial charge in [-0.25, -0.2) is 9.78 Å². The molecule has 1 aromatic carbocycles. The maximum Gasteiger partial charge on any atom is 0.339 e. The number of rotatable bonds is 1. The predicted molar refractivity (Wildman–Crippen MR) is 59.9 cm³/mol. The summed E-state index contributed by atoms with van der Waals surface area (Å²) in [4.78, 5) is 18.7. The number of hydrogen-bond donors (Lipinski definition) is 1. The molecule has 1 aromatic heterocycles. The highest BCUT2D eigenvalue weighted by molar-refractivity contribution is 9.10. The van der Waals surface area contributed by atoms with E-state index in [4.69, 9.17) is 0 Å². The summed E-state index contributed by atoms with van der Waals surface area (Å²) in [6.07, 6.45) is 0. The first kappa shape index (κ1) is 10.2. The molecule has 0 bridgehead atoms. The summed E-state index contributed by atoms with van der Waals surface area (Å²) in [5.41, 5.74) is 2.15. The second-order valence-corrected chi connectivity index (χ2v) is 4.02. The molecule has 2 aromatic rings. The molecule has 78 valence electrons. The van der Waals surface area contributed by atoms with Crippen LogP contribution in [0, 0.1) is 6.92 Å². The van der Waals surface area contributed by atoms with Gasteiger partial charge in [-0.15, -0.1) is 0 Å². The zero-order valence-electron chi connectivity index (χ0n) is 8.30. The van der Waals surface area contributed by atoms with Crippen LogP contribution in [0.5, 0.6) is 0 Å². The molecule has 4 nitrogen and oxygen atoms in total. The zero-order valence-corrected chi connectivity index (χ0v) is 9.88. The van der Waals surface area contributed by atoms with Gasteiger partial charge in [0.25, 0.3) is 0 Å². The van der Waals surface area contributed by atoms with E-state index in [2.05, 4.69) is 30.6 Å². The van der Waals surface area contributed by atoms with Crippen molar-refractivity contribution in [2.24, 2.45) is 0 Å². The average molecular weight is 269 g/mol. The van der Waals surface area contributed by atoms with E-state index in [-0.39, 0.29) is 5.97 Å². The predicted octanol–water partition coefficient (Wildman–Crippen LogP) is 2.42. The molecule has 5 heteroatoms. The Morgan fingerprint density at radius 2 is 2.27 bits per heavy atom. The lowest BCUT2D eigenvalue weighted by Gasteiger charge is -2.01. The minimum Gasteiger partial charge on any atom is -0.465 e. The molecule has 0 saturated carbocycles. The molecule has 0 spiro atoms. The van der Waals surface area contributed by atoms with Crippen molar-refractivity contribution in [3.8, 4) is 0 Å². The molecular weight excluding hydrogens is 260 g/mol. The molecule has 15 heavy (non-hydrogen) atoms. The Hall–Kier alpha value is -1.36. The number of aromatic amines is 1. The SMILES string of the molecule is COC(=O)c1cc2[nH]c(C)nc2cc1Br. The van der Waals surface area contributed by atoms with Crippen molar-refractivity contribution in [3.63, 3.8) is 0 Å². The number of benzene rings is 1. The number of aryl methyl sites for hydroxylation is 1. The molecule has 0 saturated heterocycles. The molecule has 0 aliphatic rings. The van der Waals surface area contributed by atoms with E-state index >= 15 is 0 Å². The van der Waals surface area contributed by atoms with Crippen molar-refractivity contribution < 1.29 is 9.53 Å². The van der Waals surface area contributed by atoms with Crippen molar-refractivity contribution in [2.75, 3.05) is 7.11 Å². The number of nitrogens with zero attached hydrogens (tertiary/aromatic N) is 1. The number of carbonyl (C=O) groups is 1. The standard InChI is InChI=1S/C10H9BrN2O2/c1-5-12-8-3-6(10(14)15-2)7(11)4-9(8)13-5/h3-4H,1-2H3,(H,12,13). The Labute approximate surface area is 94.8 Å². The minimum absolute atomic E-state index is 0.365. The lowest BCUT2D eigenvalue weighted by Crippen LogP contribution is -2.02. The second kappa shape index (κ2) is 3.66. The molecule has 2 rings (SSSR count). The number of H-pyrrole nitrogens is 1. The van der Waals surface area contributed by atoms with E-state index in [1.807, 2.05) is 6.92 Å². The van der Waals surface area contributed by atoms with Gasteiger partial charge in [0, 0.05) is 4.47 Å². The third-order valence-corrected chi connectivity index (χ3v) is 2.75. The second-order valence-electron chi connectivity index (χ2n) is 3.16. The third kappa shape index (κ3) is 1.74. The topological polar surface area (TPSA) is 55.0 Å². The van der Waals surface area contributed by atoms with Crippen LogP contribution in [0.4, 0.5) is 0 Å². The maximum atomic E-state index is 11.4. The van der Waals surface area contributed by atoms with Crippen LogP contribution in [0.1, 0.15) is 16.2 Å². The van der Waals surface area contributed by atoms with Crippen LogP contribution in [0.2, 0.25) is 0 Å². The van der Waals surface area contributed by atoms with Gasteiger partial charge in [-0.05, 0) is 35.0 Å². The fourth-order valence-corrected chi connectivity index (χ4v) is 1.92. The van der Waals surface area contributed by atoms with Crippen molar-refractivity contribution in [2.45, 2.75) is 6.92 Å². The number of fused-ring (bicyclic) bond motifs is 1. The summed E-state index contributed by atoms with van der Waals surface area (Å²) >= 11 is 3.31. The van der Waals surface area contributed by atoms with Gasteiger partial charge in [-0.3, -0.25) is 0 Å². The number of esters is 1. The number of hydrogen-bond acceptors (Lipinski definition) is 3. The smallest absolute Gasteiger partial charge is 0.339 e. The zero-order chi connectivity index (χ0) is 11.0. The summed E-state index contributed by atoms with van der Waals surface area (Å²) in [6, 6.07) is 3.52. The van der Waals surface area contributed by atoms with E-state index < -0.39 is 0 Å². The van der Waals surface area contributed by atoms with Crippen LogP contribution in [0.25, 0.3) is 11.0 Å². The number of halogens is 1. The number of aromatic nitrogens is 2. The van der Waals surface area contributed by atoms with Gasteiger partial charge in [-0.2, -0.15) is 0 Å². The molecule has 1 N–H and O–H groups in total. The lowest BCUT2D eigenvalue weighted by atomic mass is 10.2. The summed E-state index contributed by atoms with van der Waals surface area (Å²) in [7, 11) is 1.36. The maximum absolute atomic E-state index is 11.4. The molecule has 0 unspecified atom stereocenters. The number of methoxy groups -OCH3 is 1. The first-order valence-corrected chi connectivity index (χ1v) is 5.15.